The van der Waals surface area contributed by atoms with Gasteiger partial charge in [-0.15, -0.1) is 0 Å². The Bertz CT molecular complexity index is 708. The Kier molecular flexibility index (Phi) is 5.43. The van der Waals surface area contributed by atoms with E-state index in [9.17, 15) is 9.59 Å². The van der Waals surface area contributed by atoms with E-state index in [0.717, 1.165) is 25.7 Å². The van der Waals surface area contributed by atoms with Gasteiger partial charge < -0.3 is 24.4 Å². The summed E-state index contributed by atoms with van der Waals surface area (Å²) >= 11 is 0. The maximum absolute atomic E-state index is 12.5. The second-order valence-corrected chi connectivity index (χ2v) is 7.90. The summed E-state index contributed by atoms with van der Waals surface area (Å²) in [6.45, 7) is 5.51. The molecule has 0 radical (unpaired) electrons. The first kappa shape index (κ1) is 19.3. The molecule has 8 heteroatoms. The number of ether oxygens (including phenoxy) is 3. The largest absolute Gasteiger partial charge is 0.495 e. The number of alkyl carbamates (subject to hydrolysis) is 1. The van der Waals surface area contributed by atoms with Gasteiger partial charge in [0.25, 0.3) is 5.91 Å². The fourth-order valence-corrected chi connectivity index (χ4v) is 3.50. The van der Waals surface area contributed by atoms with Gasteiger partial charge in [0.05, 0.1) is 13.3 Å². The summed E-state index contributed by atoms with van der Waals surface area (Å²) in [7, 11) is 1.56. The lowest BCUT2D eigenvalue weighted by molar-refractivity contribution is -0.122. The number of rotatable bonds is 3. The number of nitrogens with zero attached hydrogens (tertiary/aromatic N) is 2. The number of methoxy groups -OCH3 is 1. The van der Waals surface area contributed by atoms with E-state index in [4.69, 9.17) is 14.2 Å². The second kappa shape index (κ2) is 7.62. The van der Waals surface area contributed by atoms with E-state index in [1.807, 2.05) is 20.8 Å². The Hall–Kier alpha value is -2.51. The van der Waals surface area contributed by atoms with E-state index < -0.39 is 11.7 Å². The monoisotopic (exact) mass is 377 g/mol. The third-order valence-electron chi connectivity index (χ3n) is 4.69. The van der Waals surface area contributed by atoms with Crippen molar-refractivity contribution in [3.8, 4) is 11.6 Å². The molecule has 8 nitrogen and oxygen atoms in total. The molecule has 2 heterocycles. The summed E-state index contributed by atoms with van der Waals surface area (Å²) in [5.41, 5.74) is 0.131. The molecule has 1 aromatic rings. The van der Waals surface area contributed by atoms with E-state index in [0.29, 0.717) is 17.3 Å². The molecule has 2 aliphatic rings. The lowest BCUT2D eigenvalue weighted by Crippen LogP contribution is -2.50. The average Bonchev–Trinajstić information content (AvgIpc) is 2.60. The minimum Gasteiger partial charge on any atom is -0.495 e. The molecule has 0 atom stereocenters. The molecule has 1 aliphatic heterocycles. The van der Waals surface area contributed by atoms with Crippen molar-refractivity contribution in [3.63, 3.8) is 0 Å². The molecule has 3 rings (SSSR count). The van der Waals surface area contributed by atoms with E-state index in [-0.39, 0.29) is 24.6 Å². The average molecular weight is 377 g/mol. The highest BCUT2D eigenvalue weighted by atomic mass is 16.6. The van der Waals surface area contributed by atoms with Crippen molar-refractivity contribution in [2.45, 2.75) is 64.1 Å². The predicted molar refractivity (Wildman–Crippen MR) is 99.2 cm³/mol. The van der Waals surface area contributed by atoms with Gasteiger partial charge in [0.2, 0.25) is 5.88 Å². The summed E-state index contributed by atoms with van der Waals surface area (Å²) in [5.74, 6) is 0.947. The van der Waals surface area contributed by atoms with E-state index in [2.05, 4.69) is 10.3 Å². The van der Waals surface area contributed by atoms with Crippen LogP contribution in [0.1, 0.15) is 46.5 Å². The van der Waals surface area contributed by atoms with Gasteiger partial charge in [-0.1, -0.05) is 0 Å². The van der Waals surface area contributed by atoms with Crippen molar-refractivity contribution >= 4 is 17.7 Å². The van der Waals surface area contributed by atoms with Gasteiger partial charge in [-0.05, 0) is 46.5 Å². The maximum atomic E-state index is 12.5. The van der Waals surface area contributed by atoms with E-state index in [1.54, 1.807) is 24.3 Å². The van der Waals surface area contributed by atoms with Gasteiger partial charge in [-0.3, -0.25) is 4.79 Å². The first-order valence-corrected chi connectivity index (χ1v) is 9.25. The van der Waals surface area contributed by atoms with Crippen LogP contribution in [0.15, 0.2) is 12.3 Å². The highest BCUT2D eigenvalue weighted by Gasteiger charge is 2.35. The molecule has 0 bridgehead atoms. The number of amides is 2. The number of carbonyl (C=O) groups excluding carboxylic acids is 2. The summed E-state index contributed by atoms with van der Waals surface area (Å²) < 4.78 is 16.0. The van der Waals surface area contributed by atoms with Crippen LogP contribution in [-0.2, 0) is 9.53 Å². The molecule has 27 heavy (non-hydrogen) atoms. The van der Waals surface area contributed by atoms with Crippen LogP contribution in [0.3, 0.4) is 0 Å². The third-order valence-corrected chi connectivity index (χ3v) is 4.69. The molecule has 1 N–H and O–H groups in total. The Balaban J connectivity index is 1.64. The fourth-order valence-electron chi connectivity index (χ4n) is 3.50. The highest BCUT2D eigenvalue weighted by molar-refractivity contribution is 5.98. The third kappa shape index (κ3) is 4.61. The van der Waals surface area contributed by atoms with Crippen LogP contribution in [0.2, 0.25) is 0 Å². The molecule has 0 unspecified atom stereocenters. The maximum Gasteiger partial charge on any atom is 0.407 e. The van der Waals surface area contributed by atoms with E-state index >= 15 is 0 Å². The van der Waals surface area contributed by atoms with Crippen LogP contribution in [0.5, 0.6) is 11.6 Å². The molecular weight excluding hydrogens is 350 g/mol. The minimum atomic E-state index is -0.517. The molecular formula is C19H27N3O5. The van der Waals surface area contributed by atoms with Gasteiger partial charge in [0.1, 0.15) is 17.0 Å². The van der Waals surface area contributed by atoms with Crippen LogP contribution in [-0.4, -0.2) is 48.4 Å². The number of carbonyl (C=O) groups is 2. The lowest BCUT2D eigenvalue weighted by Gasteiger charge is -2.39. The van der Waals surface area contributed by atoms with Gasteiger partial charge in [0, 0.05) is 18.2 Å². The van der Waals surface area contributed by atoms with Crippen molar-refractivity contribution in [3.05, 3.63) is 12.3 Å². The zero-order chi connectivity index (χ0) is 19.6. The quantitative estimate of drug-likeness (QED) is 0.871. The van der Waals surface area contributed by atoms with Crippen LogP contribution < -0.4 is 19.7 Å². The summed E-state index contributed by atoms with van der Waals surface area (Å²) in [6.07, 6.45) is 4.30. The topological polar surface area (TPSA) is 90.0 Å². The van der Waals surface area contributed by atoms with Crippen LogP contribution >= 0.6 is 0 Å². The molecule has 148 valence electrons. The Labute approximate surface area is 159 Å². The normalized spacial score (nSPS) is 22.5. The fraction of sp³-hybridized carbons (Fsp3) is 0.632. The Morgan fingerprint density at radius 2 is 2.00 bits per heavy atom. The van der Waals surface area contributed by atoms with Crippen molar-refractivity contribution in [1.82, 2.24) is 10.3 Å². The van der Waals surface area contributed by atoms with Crippen molar-refractivity contribution in [1.29, 1.82) is 0 Å². The van der Waals surface area contributed by atoms with Crippen LogP contribution in [0, 0.1) is 0 Å². The molecule has 0 spiro atoms. The zero-order valence-corrected chi connectivity index (χ0v) is 16.3. The van der Waals surface area contributed by atoms with Gasteiger partial charge in [-0.25, -0.2) is 9.78 Å². The molecule has 1 aliphatic carbocycles. The number of nitrogens with one attached hydrogen (secondary N) is 1. The first-order valence-electron chi connectivity index (χ1n) is 9.25. The summed E-state index contributed by atoms with van der Waals surface area (Å²) in [5, 5.41) is 2.93. The van der Waals surface area contributed by atoms with Crippen LogP contribution in [0.25, 0.3) is 0 Å². The standard InChI is InChI=1S/C19H27N3O5/c1-19(2,3)27-18(24)21-12-5-7-13(8-6-12)22-15-9-14(25-4)10-20-17(15)26-11-16(22)23/h9-10,12-13H,5-8,11H2,1-4H3,(H,21,24)/t12-,13-. The number of aromatic nitrogens is 1. The molecule has 1 aromatic heterocycles. The number of hydrogen-bond acceptors (Lipinski definition) is 6. The highest BCUT2D eigenvalue weighted by Crippen LogP contribution is 2.37. The SMILES string of the molecule is COc1cnc2c(c1)N([C@H]1CC[C@H](NC(=O)OC(C)(C)C)CC1)C(=O)CO2. The molecule has 0 saturated heterocycles. The number of hydrogen-bond donors (Lipinski definition) is 1. The van der Waals surface area contributed by atoms with Gasteiger partial charge in [0.15, 0.2) is 6.61 Å². The Morgan fingerprint density at radius 1 is 1.30 bits per heavy atom. The zero-order valence-electron chi connectivity index (χ0n) is 16.3. The van der Waals surface area contributed by atoms with Crippen LogP contribution in [0.4, 0.5) is 10.5 Å². The van der Waals surface area contributed by atoms with Crippen molar-refractivity contribution < 1.29 is 23.8 Å². The Morgan fingerprint density at radius 3 is 2.63 bits per heavy atom. The predicted octanol–water partition coefficient (Wildman–Crippen LogP) is 2.65. The van der Waals surface area contributed by atoms with E-state index in [1.165, 1.54) is 0 Å². The molecule has 1 saturated carbocycles. The van der Waals surface area contributed by atoms with Gasteiger partial charge >= 0.3 is 6.09 Å². The minimum absolute atomic E-state index is 0.0115. The number of anilines is 1. The summed E-state index contributed by atoms with van der Waals surface area (Å²) in [6, 6.07) is 1.88. The molecule has 0 aromatic carbocycles. The number of fused-ring (bicyclic) bond motifs is 1. The van der Waals surface area contributed by atoms with Crippen molar-refractivity contribution in [2.24, 2.45) is 0 Å². The molecule has 1 fully saturated rings. The number of pyridine rings is 1. The van der Waals surface area contributed by atoms with Crippen molar-refractivity contribution in [2.75, 3.05) is 18.6 Å². The first-order chi connectivity index (χ1) is 12.8. The second-order valence-electron chi connectivity index (χ2n) is 7.90. The van der Waals surface area contributed by atoms with Gasteiger partial charge in [-0.2, -0.15) is 0 Å². The summed E-state index contributed by atoms with van der Waals surface area (Å²) in [4.78, 5) is 30.5. The lowest BCUT2D eigenvalue weighted by atomic mass is 9.89. The smallest absolute Gasteiger partial charge is 0.407 e. The molecule has 2 amide bonds.